The molecule has 5 amide bonds. The second-order valence-electron chi connectivity index (χ2n) is 21.5. The van der Waals surface area contributed by atoms with Crippen molar-refractivity contribution in [2.24, 2.45) is 11.3 Å². The second kappa shape index (κ2) is 22.1. The Morgan fingerprint density at radius 3 is 1.91 bits per heavy atom. The molecule has 4 heterocycles. The number of hydrogen-bond donors (Lipinski definition) is 8. The van der Waals surface area contributed by atoms with Crippen molar-refractivity contribution in [3.05, 3.63) is 154 Å². The minimum absolute atomic E-state index is 0.00314. The van der Waals surface area contributed by atoms with E-state index in [2.05, 4.69) is 46.5 Å². The smallest absolute Gasteiger partial charge is 0.410 e. The van der Waals surface area contributed by atoms with Gasteiger partial charge in [-0.3, -0.25) is 19.2 Å². The highest BCUT2D eigenvalue weighted by Crippen LogP contribution is 2.37. The van der Waals surface area contributed by atoms with Crippen molar-refractivity contribution >= 4 is 41.4 Å². The number of nitrogens with two attached hydrogens (primary N) is 2. The van der Waals surface area contributed by atoms with E-state index >= 15 is 0 Å². The second-order valence-corrected chi connectivity index (χ2v) is 21.5. The summed E-state index contributed by atoms with van der Waals surface area (Å²) in [5.74, 6) is -1.46. The summed E-state index contributed by atoms with van der Waals surface area (Å²) >= 11 is 0. The molecule has 2 aliphatic heterocycles. The highest BCUT2D eigenvalue weighted by Gasteiger charge is 2.42. The number of aromatic nitrogens is 4. The summed E-state index contributed by atoms with van der Waals surface area (Å²) in [6, 6.07) is 27.0. The summed E-state index contributed by atoms with van der Waals surface area (Å²) in [6.07, 6.45) is 4.20. The van der Waals surface area contributed by atoms with Crippen molar-refractivity contribution in [2.45, 2.75) is 95.7 Å². The van der Waals surface area contributed by atoms with Crippen LogP contribution in [-0.4, -0.2) is 110 Å². The van der Waals surface area contributed by atoms with Gasteiger partial charge in [-0.25, -0.2) is 24.7 Å². The lowest BCUT2D eigenvalue weighted by Gasteiger charge is -2.40. The molecule has 10 N–H and O–H groups in total. The summed E-state index contributed by atoms with van der Waals surface area (Å²) in [6.45, 7) is 8.71. The van der Waals surface area contributed by atoms with Crippen molar-refractivity contribution in [1.82, 2.24) is 51.4 Å². The van der Waals surface area contributed by atoms with Crippen LogP contribution in [0.4, 0.5) is 16.4 Å². The molecular formula is C58H64N12O7. The Balaban J connectivity index is 0.802. The molecule has 2 aromatic heterocycles. The number of aliphatic hydroxyl groups is 1. The Bertz CT molecular complexity index is 3230. The molecule has 7 atom stereocenters. The van der Waals surface area contributed by atoms with E-state index in [9.17, 15) is 29.1 Å². The zero-order valence-corrected chi connectivity index (χ0v) is 43.3. The van der Waals surface area contributed by atoms with Gasteiger partial charge in [-0.15, -0.1) is 0 Å². The van der Waals surface area contributed by atoms with Gasteiger partial charge in [-0.05, 0) is 96.6 Å². The lowest BCUT2D eigenvalue weighted by atomic mass is 9.82. The molecule has 10 rings (SSSR count). The number of fused-ring (bicyclic) bond motifs is 2. The predicted octanol–water partition coefficient (Wildman–Crippen LogP) is 5.72. The van der Waals surface area contributed by atoms with E-state index in [1.165, 1.54) is 12.4 Å². The molecule has 0 spiro atoms. The van der Waals surface area contributed by atoms with E-state index in [4.69, 9.17) is 16.2 Å². The number of nitrogens with zero attached hydrogens (tertiary/aromatic N) is 5. The van der Waals surface area contributed by atoms with E-state index in [1.807, 2.05) is 69.3 Å². The summed E-state index contributed by atoms with van der Waals surface area (Å²) in [7, 11) is 0. The minimum Gasteiger partial charge on any atom is -0.443 e. The van der Waals surface area contributed by atoms with E-state index in [1.54, 1.807) is 53.4 Å². The number of likely N-dealkylation sites (tertiary alicyclic amines) is 1. The Morgan fingerprint density at radius 1 is 0.714 bits per heavy atom. The molecule has 19 heteroatoms. The van der Waals surface area contributed by atoms with Gasteiger partial charge < -0.3 is 52.8 Å². The fourth-order valence-electron chi connectivity index (χ4n) is 11.1. The monoisotopic (exact) mass is 1040 g/mol. The number of carbonyl (C=O) groups excluding carboxylic acids is 5. The molecule has 4 aliphatic rings. The molecule has 0 saturated carbocycles. The van der Waals surface area contributed by atoms with Crippen LogP contribution in [0.3, 0.4) is 0 Å². The largest absolute Gasteiger partial charge is 0.443 e. The Hall–Kier alpha value is -8.29. The average Bonchev–Trinajstić information content (AvgIpc) is 4.12. The number of rotatable bonds is 12. The number of nitrogen functional groups attached to an aromatic ring is 2. The molecular weight excluding hydrogens is 977 g/mol. The number of amides is 5. The molecule has 2 saturated heterocycles. The normalized spacial score (nSPS) is 21.8. The van der Waals surface area contributed by atoms with E-state index in [0.717, 1.165) is 41.8 Å². The zero-order valence-electron chi connectivity index (χ0n) is 43.3. The van der Waals surface area contributed by atoms with Gasteiger partial charge in [0.15, 0.2) is 23.0 Å². The molecule has 4 aromatic carbocycles. The first kappa shape index (κ1) is 52.2. The van der Waals surface area contributed by atoms with Gasteiger partial charge in [0.05, 0.1) is 42.0 Å². The molecule has 77 heavy (non-hydrogen) atoms. The molecule has 6 aromatic rings. The maximum Gasteiger partial charge on any atom is 0.410 e. The van der Waals surface area contributed by atoms with E-state index in [-0.39, 0.29) is 41.0 Å². The molecule has 398 valence electrons. The van der Waals surface area contributed by atoms with Crippen molar-refractivity contribution < 1.29 is 33.8 Å². The Kier molecular flexibility index (Phi) is 15.0. The lowest BCUT2D eigenvalue weighted by molar-refractivity contribution is 0.0214. The third kappa shape index (κ3) is 11.5. The van der Waals surface area contributed by atoms with Crippen molar-refractivity contribution in [3.63, 3.8) is 0 Å². The standard InChI is InChI=1S/C58H64N12O7/c1-58(2,3)46-27-39(65-56(75)50-52(60)63-31-43(67-50)36-14-8-15-37(23-36)53(72)68-47-40-18-6-4-11-33(40)25-44(47)71)17-10-22-70(46)57(76)77-45-26-34-12-5-7-19-41(34)48(45)69-54(73)38-16-9-13-35(24-38)42-30-62-51(59)49(66-42)55(74)64-29-32-20-21-61-28-32/h4-9,11-16,18-19,23-24,30-32,39,44-48,61,71H,10,17,20-22,25-29H2,1-3H3,(H2,59,62)(H2,60,63)(H,64,74)(H,65,75)(H,68,72)(H,69,73)/t32-,39?,44+,45+,46?,47-,48-/m1/s1. The fourth-order valence-corrected chi connectivity index (χ4v) is 11.1. The van der Waals surface area contributed by atoms with Gasteiger partial charge in [0, 0.05) is 60.3 Å². The van der Waals surface area contributed by atoms with E-state index in [0.29, 0.717) is 84.8 Å². The number of ether oxygens (including phenoxy) is 1. The van der Waals surface area contributed by atoms with Crippen molar-refractivity contribution in [3.8, 4) is 22.5 Å². The molecule has 0 radical (unpaired) electrons. The molecule has 0 bridgehead atoms. The highest BCUT2D eigenvalue weighted by atomic mass is 16.6. The third-order valence-corrected chi connectivity index (χ3v) is 15.2. The van der Waals surface area contributed by atoms with Gasteiger partial charge in [0.2, 0.25) is 0 Å². The average molecular weight is 1040 g/mol. The topological polar surface area (TPSA) is 282 Å². The van der Waals surface area contributed by atoms with Crippen LogP contribution in [-0.2, 0) is 17.6 Å². The van der Waals surface area contributed by atoms with Crippen LogP contribution in [0, 0.1) is 11.3 Å². The number of anilines is 2. The first-order valence-corrected chi connectivity index (χ1v) is 26.3. The maximum absolute atomic E-state index is 14.6. The quantitative estimate of drug-likeness (QED) is 0.0728. The molecule has 2 fully saturated rings. The van der Waals surface area contributed by atoms with Crippen LogP contribution in [0.5, 0.6) is 0 Å². The maximum atomic E-state index is 14.6. The van der Waals surface area contributed by atoms with Gasteiger partial charge in [-0.2, -0.15) is 0 Å². The van der Waals surface area contributed by atoms with Gasteiger partial charge in [-0.1, -0.05) is 93.6 Å². The van der Waals surface area contributed by atoms with Crippen LogP contribution < -0.4 is 38.1 Å². The van der Waals surface area contributed by atoms with Crippen LogP contribution in [0.15, 0.2) is 109 Å². The molecule has 2 aliphatic carbocycles. The number of carbonyl (C=O) groups is 5. The predicted molar refractivity (Wildman–Crippen MR) is 289 cm³/mol. The van der Waals surface area contributed by atoms with Crippen molar-refractivity contribution in [1.29, 1.82) is 0 Å². The first-order chi connectivity index (χ1) is 37.1. The number of benzene rings is 4. The van der Waals surface area contributed by atoms with Gasteiger partial charge in [0.25, 0.3) is 23.6 Å². The zero-order chi connectivity index (χ0) is 54.0. The third-order valence-electron chi connectivity index (χ3n) is 15.2. The molecule has 19 nitrogen and oxygen atoms in total. The summed E-state index contributed by atoms with van der Waals surface area (Å²) in [5.41, 5.74) is 18.0. The Morgan fingerprint density at radius 2 is 1.30 bits per heavy atom. The Labute approximate surface area is 446 Å². The van der Waals surface area contributed by atoms with Crippen LogP contribution in [0.2, 0.25) is 0 Å². The number of nitrogens with one attached hydrogen (secondary N) is 5. The lowest BCUT2D eigenvalue weighted by Crippen LogP contribution is -2.50. The number of hydrogen-bond acceptors (Lipinski definition) is 14. The minimum atomic E-state index is -0.753. The van der Waals surface area contributed by atoms with Gasteiger partial charge >= 0.3 is 6.09 Å². The fraction of sp³-hybridized carbons (Fsp3) is 0.362. The summed E-state index contributed by atoms with van der Waals surface area (Å²) in [5, 5.41) is 26.2. The summed E-state index contributed by atoms with van der Waals surface area (Å²) < 4.78 is 6.43. The number of aliphatic hydroxyl groups excluding tert-OH is 1. The molecule has 2 unspecified atom stereocenters. The van der Waals surface area contributed by atoms with Gasteiger partial charge in [0.1, 0.15) is 6.10 Å². The van der Waals surface area contributed by atoms with E-state index < -0.39 is 53.5 Å². The summed E-state index contributed by atoms with van der Waals surface area (Å²) in [4.78, 5) is 89.1. The highest BCUT2D eigenvalue weighted by molar-refractivity contribution is 5.99. The van der Waals surface area contributed by atoms with Crippen LogP contribution in [0.25, 0.3) is 22.5 Å². The van der Waals surface area contributed by atoms with Crippen LogP contribution in [0.1, 0.15) is 122 Å². The SMILES string of the molecule is CC(C)(C)C1CC(NC(=O)c2nc(-c3cccc(C(=O)N[C@@H]4c5ccccc5C[C@@H]4O)c3)cnc2N)CCCN1C(=O)O[C@H]1Cc2ccccc2[C@H]1NC(=O)c1cccc(-c2cnc(N)c(C(=O)NC[C@@H]3CCNC3)n2)c1. The van der Waals surface area contributed by atoms with Crippen LogP contribution >= 0.6 is 0 Å². The van der Waals surface area contributed by atoms with Crippen molar-refractivity contribution in [2.75, 3.05) is 37.6 Å². The first-order valence-electron chi connectivity index (χ1n) is 26.3.